The Balaban J connectivity index is -0.0000000245. The fourth-order valence-corrected chi connectivity index (χ4v) is 0. The zero-order chi connectivity index (χ0) is 20.5. The molecule has 0 saturated heterocycles. The van der Waals surface area contributed by atoms with E-state index in [1.54, 1.807) is 0 Å². The van der Waals surface area contributed by atoms with Crippen molar-refractivity contribution in [1.29, 1.82) is 0 Å². The summed E-state index contributed by atoms with van der Waals surface area (Å²) in [7, 11) is 0. The molecule has 26 heavy (non-hydrogen) atoms. The molecule has 0 aliphatic heterocycles. The molecule has 0 aromatic heterocycles. The Hall–Kier alpha value is 0.304. The number of rotatable bonds is 6. The van der Waals surface area contributed by atoms with Crippen molar-refractivity contribution in [3.8, 4) is 0 Å². The summed E-state index contributed by atoms with van der Waals surface area (Å²) in [6, 6.07) is 0. The van der Waals surface area contributed by atoms with Gasteiger partial charge in [0.25, 0.3) is 0 Å². The van der Waals surface area contributed by atoms with Crippen LogP contribution in [0.4, 0.5) is 0 Å². The van der Waals surface area contributed by atoms with E-state index in [9.17, 15) is 0 Å². The largest absolute Gasteiger partial charge is 0.395 e. The van der Waals surface area contributed by atoms with Crippen molar-refractivity contribution >= 4 is 12.4 Å². The molecule has 0 rings (SSSR count). The summed E-state index contributed by atoms with van der Waals surface area (Å²) in [5, 5.41) is 46.5. The summed E-state index contributed by atoms with van der Waals surface area (Å²) < 4.78 is 0. The molecular weight excluding hydrogens is 418 g/mol. The summed E-state index contributed by atoms with van der Waals surface area (Å²) in [5.41, 5.74) is 28.7. The van der Waals surface area contributed by atoms with E-state index in [1.807, 2.05) is 0 Å². The molecule has 12 nitrogen and oxygen atoms in total. The van der Waals surface area contributed by atoms with Crippen molar-refractivity contribution in [2.24, 2.45) is 34.4 Å². The van der Waals surface area contributed by atoms with Gasteiger partial charge in [-0.25, -0.2) is 0 Å². The van der Waals surface area contributed by atoms with Crippen molar-refractivity contribution < 1.29 is 47.1 Å². The van der Waals surface area contributed by atoms with Gasteiger partial charge >= 0.3 is 0 Å². The fraction of sp³-hybridized carbons (Fsp3) is 1.00. The first kappa shape index (κ1) is 50.3. The van der Waals surface area contributed by atoms with Gasteiger partial charge in [0.1, 0.15) is 0 Å². The van der Waals surface area contributed by atoms with Crippen LogP contribution in [0, 0.1) is 0 Å². The average molecular weight is 462 g/mol. The van der Waals surface area contributed by atoms with Gasteiger partial charge in [0.2, 0.25) is 0 Å². The number of hydrogen-bond donors (Lipinski definition) is 12. The van der Waals surface area contributed by atoms with Gasteiger partial charge in [0, 0.05) is 55.8 Å². The summed E-state index contributed by atoms with van der Waals surface area (Å²) in [6.07, 6.45) is 0. The van der Waals surface area contributed by atoms with Gasteiger partial charge < -0.3 is 65.0 Å². The van der Waals surface area contributed by atoms with Gasteiger partial charge in [-0.3, -0.25) is 0 Å². The fourth-order valence-electron chi connectivity index (χ4n) is 0. The quantitative estimate of drug-likeness (QED) is 0.165. The first-order chi connectivity index (χ1) is 11.5. The van der Waals surface area contributed by atoms with Gasteiger partial charge in [-0.15, -0.1) is 12.4 Å². The number of halogens is 1. The molecule has 0 aromatic rings. The molecule has 14 heteroatoms. The van der Waals surface area contributed by atoms with Gasteiger partial charge in [-0.1, -0.05) is 0 Å². The van der Waals surface area contributed by atoms with E-state index in [0.717, 1.165) is 0 Å². The monoisotopic (exact) mass is 460 g/mol. The second-order valence-electron chi connectivity index (χ2n) is 3.07. The molecule has 0 bridgehead atoms. The Morgan fingerprint density at radius 2 is 0.385 bits per heavy atom. The molecule has 0 amide bonds. The smallest absolute Gasteiger partial charge is 0.0553 e. The number of aliphatic hydroxyl groups is 6. The normalized spacial score (nSPS) is 6.92. The molecule has 0 heterocycles. The van der Waals surface area contributed by atoms with Crippen LogP contribution < -0.4 is 34.4 Å². The van der Waals surface area contributed by atoms with E-state index < -0.39 is 0 Å². The van der Waals surface area contributed by atoms with Crippen LogP contribution in [0.25, 0.3) is 0 Å². The van der Waals surface area contributed by atoms with Crippen molar-refractivity contribution in [2.45, 2.75) is 0 Å². The maximum atomic E-state index is 7.75. The van der Waals surface area contributed by atoms with Crippen LogP contribution in [0.1, 0.15) is 0 Å². The van der Waals surface area contributed by atoms with Crippen LogP contribution in [0.5, 0.6) is 0 Å². The third-order valence-electron chi connectivity index (χ3n) is 0.775. The van der Waals surface area contributed by atoms with Gasteiger partial charge in [0.15, 0.2) is 0 Å². The zero-order valence-electron chi connectivity index (χ0n) is 15.4. The number of aliphatic hydroxyl groups excluding tert-OH is 6. The van der Waals surface area contributed by atoms with Crippen LogP contribution in [0.15, 0.2) is 0 Å². The minimum atomic E-state index is 0. The molecule has 0 fully saturated rings. The van der Waals surface area contributed by atoms with Gasteiger partial charge in [0.05, 0.1) is 39.6 Å². The second kappa shape index (κ2) is 98.7. The van der Waals surface area contributed by atoms with Crippen LogP contribution in [0.3, 0.4) is 0 Å². The Morgan fingerprint density at radius 1 is 0.346 bits per heavy atom. The summed E-state index contributed by atoms with van der Waals surface area (Å²) in [6.45, 7) is 2.83. The molecule has 0 saturated carbocycles. The Morgan fingerprint density at radius 3 is 0.385 bits per heavy atom. The number of nitrogens with two attached hydrogens (primary N) is 6. The van der Waals surface area contributed by atoms with E-state index in [-0.39, 0.29) is 68.5 Å². The maximum Gasteiger partial charge on any atom is 0.0553 e. The first-order valence-corrected chi connectivity index (χ1v) is 7.35. The third kappa shape index (κ3) is 332. The molecule has 0 aliphatic carbocycles. The Kier molecular flexibility index (Phi) is 191. The van der Waals surface area contributed by atoms with Gasteiger partial charge in [-0.05, 0) is 0 Å². The molecule has 0 atom stereocenters. The van der Waals surface area contributed by atoms with Gasteiger partial charge in [-0.2, -0.15) is 0 Å². The Labute approximate surface area is 173 Å². The third-order valence-corrected chi connectivity index (χ3v) is 0.775. The molecule has 0 radical (unpaired) electrons. The van der Waals surface area contributed by atoms with Crippen LogP contribution in [0.2, 0.25) is 0 Å². The molecule has 0 aromatic carbocycles. The summed E-state index contributed by atoms with van der Waals surface area (Å²) in [4.78, 5) is 0. The molecule has 0 spiro atoms. The molecule has 0 unspecified atom stereocenters. The van der Waals surface area contributed by atoms with Crippen molar-refractivity contribution in [2.75, 3.05) is 78.9 Å². The van der Waals surface area contributed by atoms with Crippen LogP contribution >= 0.6 is 12.4 Å². The van der Waals surface area contributed by atoms with Crippen LogP contribution in [-0.4, -0.2) is 110 Å². The SMILES string of the molecule is Cl.NCCO.NCCO.NCCO.NCCO.NCCO.NCCO.[Ni]. The first-order valence-electron chi connectivity index (χ1n) is 7.35. The second-order valence-corrected chi connectivity index (χ2v) is 3.07. The van der Waals surface area contributed by atoms with E-state index in [0.29, 0.717) is 39.3 Å². The molecule has 0 aliphatic rings. The standard InChI is InChI=1S/6C2H7NO.ClH.Ni/c6*3-1-2-4;;/h6*4H,1-3H2;1H;. The van der Waals surface area contributed by atoms with E-state index >= 15 is 0 Å². The summed E-state index contributed by atoms with van der Waals surface area (Å²) >= 11 is 0. The predicted molar refractivity (Wildman–Crippen MR) is 104 cm³/mol. The molecule has 174 valence electrons. The number of hydrogen-bond acceptors (Lipinski definition) is 12. The predicted octanol–water partition coefficient (Wildman–Crippen LogP) is -5.96. The summed E-state index contributed by atoms with van der Waals surface area (Å²) in [5.74, 6) is 0. The topological polar surface area (TPSA) is 278 Å². The average Bonchev–Trinajstić information content (AvgIpc) is 2.68. The zero-order valence-corrected chi connectivity index (χ0v) is 17.2. The minimum absolute atomic E-state index is 0. The van der Waals surface area contributed by atoms with E-state index in [1.165, 1.54) is 0 Å². The maximum absolute atomic E-state index is 7.75. The molecule has 18 N–H and O–H groups in total. The minimum Gasteiger partial charge on any atom is -0.395 e. The Bertz CT molecular complexity index is 91.2. The van der Waals surface area contributed by atoms with Crippen molar-refractivity contribution in [3.63, 3.8) is 0 Å². The van der Waals surface area contributed by atoms with Crippen molar-refractivity contribution in [1.82, 2.24) is 0 Å². The molecular formula is C12H43ClN6NiO6. The van der Waals surface area contributed by atoms with Crippen LogP contribution in [-0.2, 0) is 16.5 Å². The van der Waals surface area contributed by atoms with E-state index in [4.69, 9.17) is 65.0 Å². The van der Waals surface area contributed by atoms with E-state index in [2.05, 4.69) is 0 Å². The van der Waals surface area contributed by atoms with Crippen molar-refractivity contribution in [3.05, 3.63) is 0 Å².